The molecular weight excluding hydrogens is 362 g/mol. The van der Waals surface area contributed by atoms with E-state index >= 15 is 0 Å². The molecule has 5 nitrogen and oxygen atoms in total. The summed E-state index contributed by atoms with van der Waals surface area (Å²) >= 11 is 6.35. The second-order valence-corrected chi connectivity index (χ2v) is 7.54. The summed E-state index contributed by atoms with van der Waals surface area (Å²) in [5, 5.41) is 10.5. The van der Waals surface area contributed by atoms with Gasteiger partial charge >= 0.3 is 7.12 Å². The smallest absolute Gasteiger partial charge is 0.423 e. The molecule has 2 aromatic carbocycles. The Labute approximate surface area is 162 Å². The van der Waals surface area contributed by atoms with Gasteiger partial charge in [-0.05, 0) is 48.6 Å². The quantitative estimate of drug-likeness (QED) is 0.558. The number of carbonyl (C=O) groups is 1. The van der Waals surface area contributed by atoms with Gasteiger partial charge in [-0.2, -0.15) is 0 Å². The molecule has 0 amide bonds. The molecule has 0 unspecified atom stereocenters. The van der Waals surface area contributed by atoms with Gasteiger partial charge in [0.2, 0.25) is 0 Å². The number of imidazole rings is 1. The molecule has 1 N–H and O–H groups in total. The number of halogens is 1. The van der Waals surface area contributed by atoms with Crippen molar-refractivity contribution in [1.29, 1.82) is 0 Å². The van der Waals surface area contributed by atoms with Crippen LogP contribution in [0.4, 0.5) is 0 Å². The molecule has 0 atom stereocenters. The highest BCUT2D eigenvalue weighted by atomic mass is 35.5. The third-order valence-corrected chi connectivity index (χ3v) is 5.17. The first-order valence-electron chi connectivity index (χ1n) is 8.65. The number of benzene rings is 2. The largest absolute Gasteiger partial charge is 0.492 e. The molecule has 0 fully saturated rings. The van der Waals surface area contributed by atoms with Crippen LogP contribution < -0.4 is 5.46 Å². The van der Waals surface area contributed by atoms with Crippen LogP contribution in [0, 0.1) is 0 Å². The van der Waals surface area contributed by atoms with Crippen LogP contribution >= 0.6 is 11.6 Å². The number of ketones is 1. The molecule has 136 valence electrons. The Balaban J connectivity index is 1.57. The van der Waals surface area contributed by atoms with Crippen LogP contribution in [0.5, 0.6) is 0 Å². The van der Waals surface area contributed by atoms with Crippen molar-refractivity contribution in [3.8, 4) is 5.69 Å². The van der Waals surface area contributed by atoms with Crippen molar-refractivity contribution >= 4 is 30.0 Å². The van der Waals surface area contributed by atoms with Gasteiger partial charge in [-0.15, -0.1) is 0 Å². The second kappa shape index (κ2) is 6.64. The predicted octanol–water partition coefficient (Wildman–Crippen LogP) is 2.90. The Bertz CT molecular complexity index is 1020. The van der Waals surface area contributed by atoms with Gasteiger partial charge in [0.05, 0.1) is 17.0 Å². The number of rotatable bonds is 4. The summed E-state index contributed by atoms with van der Waals surface area (Å²) in [6.07, 6.45) is 5.37. The highest BCUT2D eigenvalue weighted by molar-refractivity contribution is 6.62. The lowest BCUT2D eigenvalue weighted by Gasteiger charge is -2.19. The molecule has 0 aliphatic carbocycles. The molecule has 3 aromatic rings. The molecule has 0 saturated heterocycles. The third kappa shape index (κ3) is 3.32. The van der Waals surface area contributed by atoms with Crippen LogP contribution in [0.25, 0.3) is 5.69 Å². The summed E-state index contributed by atoms with van der Waals surface area (Å²) < 4.78 is 7.40. The summed E-state index contributed by atoms with van der Waals surface area (Å²) in [5.41, 5.74) is 3.24. The minimum atomic E-state index is -0.969. The zero-order chi connectivity index (χ0) is 19.2. The van der Waals surface area contributed by atoms with E-state index in [1.54, 1.807) is 24.7 Å². The van der Waals surface area contributed by atoms with Crippen molar-refractivity contribution in [3.05, 3.63) is 76.8 Å². The van der Waals surface area contributed by atoms with E-state index in [-0.39, 0.29) is 12.2 Å². The van der Waals surface area contributed by atoms with E-state index in [9.17, 15) is 9.82 Å². The Morgan fingerprint density at radius 2 is 2.11 bits per heavy atom. The van der Waals surface area contributed by atoms with Crippen LogP contribution in [-0.4, -0.2) is 27.5 Å². The van der Waals surface area contributed by atoms with E-state index in [2.05, 4.69) is 4.98 Å². The lowest BCUT2D eigenvalue weighted by atomic mass is 9.77. The van der Waals surface area contributed by atoms with Gasteiger partial charge in [-0.3, -0.25) is 4.79 Å². The van der Waals surface area contributed by atoms with Crippen molar-refractivity contribution in [2.24, 2.45) is 0 Å². The number of fused-ring (bicyclic) bond motifs is 1. The van der Waals surface area contributed by atoms with Crippen molar-refractivity contribution in [2.75, 3.05) is 0 Å². The highest BCUT2D eigenvalue weighted by Crippen LogP contribution is 2.30. The Morgan fingerprint density at radius 3 is 2.81 bits per heavy atom. The average Bonchev–Trinajstić information content (AvgIpc) is 3.22. The van der Waals surface area contributed by atoms with Crippen molar-refractivity contribution in [2.45, 2.75) is 25.9 Å². The summed E-state index contributed by atoms with van der Waals surface area (Å²) in [5.74, 6) is -0.0789. The van der Waals surface area contributed by atoms with E-state index in [1.165, 1.54) is 0 Å². The summed E-state index contributed by atoms with van der Waals surface area (Å²) in [6.45, 7) is 3.82. The van der Waals surface area contributed by atoms with Gasteiger partial charge in [0, 0.05) is 30.1 Å². The SMILES string of the molecule is CC1(C)OB(O)c2cc(CC(=O)c3ccc(-n4ccnc4)cc3Cl)ccc21. The standard InChI is InChI=1S/C20H18BClN2O3/c1-20(2)16-6-3-13(9-17(16)21(26)27-20)10-19(25)15-5-4-14(11-18(15)22)24-8-7-23-12-24/h3-9,11-12,26H,10H2,1-2H3. The van der Waals surface area contributed by atoms with Gasteiger partial charge in [0.15, 0.2) is 5.78 Å². The fourth-order valence-corrected chi connectivity index (χ4v) is 3.74. The number of nitrogens with zero attached hydrogens (tertiary/aromatic N) is 2. The molecule has 0 radical (unpaired) electrons. The number of aromatic nitrogens is 2. The Hall–Kier alpha value is -2.41. The lowest BCUT2D eigenvalue weighted by Crippen LogP contribution is -2.29. The van der Waals surface area contributed by atoms with E-state index in [0.717, 1.165) is 16.8 Å². The number of hydrogen-bond acceptors (Lipinski definition) is 4. The fraction of sp³-hybridized carbons (Fsp3) is 0.200. The van der Waals surface area contributed by atoms with Crippen LogP contribution in [-0.2, 0) is 16.7 Å². The monoisotopic (exact) mass is 380 g/mol. The normalized spacial score (nSPS) is 15.0. The molecule has 0 bridgehead atoms. The van der Waals surface area contributed by atoms with Gasteiger partial charge < -0.3 is 14.2 Å². The highest BCUT2D eigenvalue weighted by Gasteiger charge is 2.40. The summed E-state index contributed by atoms with van der Waals surface area (Å²) in [4.78, 5) is 16.8. The first-order valence-corrected chi connectivity index (χ1v) is 9.03. The molecule has 0 spiro atoms. The second-order valence-electron chi connectivity index (χ2n) is 7.14. The van der Waals surface area contributed by atoms with Gasteiger partial charge in [-0.25, -0.2) is 4.98 Å². The number of carbonyl (C=O) groups excluding carboxylic acids is 1. The Kier molecular flexibility index (Phi) is 4.42. The van der Waals surface area contributed by atoms with Crippen LogP contribution in [0.3, 0.4) is 0 Å². The fourth-order valence-electron chi connectivity index (χ4n) is 3.46. The van der Waals surface area contributed by atoms with E-state index < -0.39 is 12.7 Å². The third-order valence-electron chi connectivity index (χ3n) is 4.86. The van der Waals surface area contributed by atoms with Crippen LogP contribution in [0.2, 0.25) is 5.02 Å². The maximum atomic E-state index is 12.7. The molecule has 7 heteroatoms. The molecule has 0 saturated carbocycles. The maximum absolute atomic E-state index is 12.7. The van der Waals surface area contributed by atoms with Gasteiger partial charge in [0.25, 0.3) is 0 Å². The molecule has 27 heavy (non-hydrogen) atoms. The molecule has 1 aliphatic rings. The van der Waals surface area contributed by atoms with Gasteiger partial charge in [-0.1, -0.05) is 29.8 Å². The number of hydrogen-bond donors (Lipinski definition) is 1. The van der Waals surface area contributed by atoms with Gasteiger partial charge in [0.1, 0.15) is 0 Å². The topological polar surface area (TPSA) is 64.3 Å². The molecule has 1 aromatic heterocycles. The Morgan fingerprint density at radius 1 is 1.30 bits per heavy atom. The summed E-state index contributed by atoms with van der Waals surface area (Å²) in [7, 11) is -0.969. The van der Waals surface area contributed by atoms with Crippen LogP contribution in [0.1, 0.15) is 35.3 Å². The zero-order valence-electron chi connectivity index (χ0n) is 15.0. The molecule has 4 rings (SSSR count). The van der Waals surface area contributed by atoms with Crippen molar-refractivity contribution in [1.82, 2.24) is 9.55 Å². The predicted molar refractivity (Wildman–Crippen MR) is 105 cm³/mol. The van der Waals surface area contributed by atoms with E-state index in [1.807, 2.05) is 48.9 Å². The molecule has 1 aliphatic heterocycles. The number of Topliss-reactive ketones (excluding diaryl/α,β-unsaturated/α-hetero) is 1. The minimum absolute atomic E-state index is 0.0789. The lowest BCUT2D eigenvalue weighted by molar-refractivity contribution is 0.0991. The minimum Gasteiger partial charge on any atom is -0.423 e. The van der Waals surface area contributed by atoms with Crippen molar-refractivity contribution in [3.63, 3.8) is 0 Å². The molecular formula is C20H18BClN2O3. The van der Waals surface area contributed by atoms with E-state index in [0.29, 0.717) is 16.0 Å². The zero-order valence-corrected chi connectivity index (χ0v) is 15.8. The van der Waals surface area contributed by atoms with Crippen LogP contribution in [0.15, 0.2) is 55.1 Å². The first-order chi connectivity index (χ1) is 12.8. The molecule has 2 heterocycles. The summed E-state index contributed by atoms with van der Waals surface area (Å²) in [6, 6.07) is 11.0. The first kappa shape index (κ1) is 18.0. The average molecular weight is 381 g/mol. The van der Waals surface area contributed by atoms with Crippen molar-refractivity contribution < 1.29 is 14.5 Å². The maximum Gasteiger partial charge on any atom is 0.492 e. The van der Waals surface area contributed by atoms with E-state index in [4.69, 9.17) is 16.3 Å².